The van der Waals surface area contributed by atoms with Gasteiger partial charge in [0, 0.05) is 11.8 Å². The van der Waals surface area contributed by atoms with Gasteiger partial charge in [0.2, 0.25) is 18.6 Å². The van der Waals surface area contributed by atoms with Crippen molar-refractivity contribution in [2.24, 2.45) is 0 Å². The third-order valence-corrected chi connectivity index (χ3v) is 2.76. The van der Waals surface area contributed by atoms with Crippen LogP contribution in [0.15, 0.2) is 24.4 Å². The van der Waals surface area contributed by atoms with Crippen molar-refractivity contribution in [3.8, 4) is 17.4 Å². The molecule has 0 unspecified atom stereocenters. The highest BCUT2D eigenvalue weighted by Crippen LogP contribution is 2.32. The Morgan fingerprint density at radius 3 is 3.05 bits per heavy atom. The molecule has 0 fully saturated rings. The molecular weight excluding hydrogens is 246 g/mol. The minimum absolute atomic E-state index is 0.200. The van der Waals surface area contributed by atoms with Crippen molar-refractivity contribution in [2.45, 2.75) is 13.5 Å². The average Bonchev–Trinajstić information content (AvgIpc) is 2.87. The number of fused-ring (bicyclic) bond motifs is 1. The predicted molar refractivity (Wildman–Crippen MR) is 68.1 cm³/mol. The Balaban J connectivity index is 1.74. The molecule has 0 aliphatic carbocycles. The molecule has 2 N–H and O–H groups in total. The Morgan fingerprint density at radius 1 is 1.32 bits per heavy atom. The first kappa shape index (κ1) is 11.6. The number of hydrogen-bond donors (Lipinski definition) is 1. The van der Waals surface area contributed by atoms with Crippen LogP contribution in [0.1, 0.15) is 11.1 Å². The number of aromatic nitrogens is 2. The fourth-order valence-electron chi connectivity index (χ4n) is 1.77. The van der Waals surface area contributed by atoms with Gasteiger partial charge in [-0.25, -0.2) is 4.98 Å². The molecular formula is C13H13N3O3. The van der Waals surface area contributed by atoms with Crippen LogP contribution in [0.25, 0.3) is 0 Å². The lowest BCUT2D eigenvalue weighted by Gasteiger charge is -2.08. The molecule has 3 rings (SSSR count). The van der Waals surface area contributed by atoms with Crippen molar-refractivity contribution in [1.82, 2.24) is 9.97 Å². The summed E-state index contributed by atoms with van der Waals surface area (Å²) in [6.45, 7) is 2.52. The van der Waals surface area contributed by atoms with Gasteiger partial charge >= 0.3 is 0 Å². The van der Waals surface area contributed by atoms with Gasteiger partial charge in [-0.15, -0.1) is 0 Å². The zero-order valence-corrected chi connectivity index (χ0v) is 10.4. The van der Waals surface area contributed by atoms with Crippen LogP contribution in [-0.2, 0) is 6.61 Å². The third-order valence-electron chi connectivity index (χ3n) is 2.76. The standard InChI is InChI=1S/C13H13N3O3/c1-8-5-15-13(14)16-12(8)17-6-9-2-3-10-11(4-9)19-7-18-10/h2-5H,6-7H2,1H3,(H2,14,15,16). The normalized spacial score (nSPS) is 12.5. The van der Waals surface area contributed by atoms with Gasteiger partial charge in [-0.2, -0.15) is 4.98 Å². The maximum Gasteiger partial charge on any atom is 0.231 e. The molecule has 0 atom stereocenters. The molecule has 1 aliphatic heterocycles. The molecule has 1 aromatic carbocycles. The van der Waals surface area contributed by atoms with Gasteiger partial charge < -0.3 is 19.9 Å². The van der Waals surface area contributed by atoms with E-state index in [4.69, 9.17) is 19.9 Å². The van der Waals surface area contributed by atoms with Gasteiger partial charge in [0.1, 0.15) is 6.61 Å². The van der Waals surface area contributed by atoms with E-state index in [0.717, 1.165) is 22.6 Å². The summed E-state index contributed by atoms with van der Waals surface area (Å²) in [5.41, 5.74) is 7.35. The van der Waals surface area contributed by atoms with Crippen LogP contribution in [0.5, 0.6) is 17.4 Å². The Morgan fingerprint density at radius 2 is 2.16 bits per heavy atom. The van der Waals surface area contributed by atoms with Crippen molar-refractivity contribution in [1.29, 1.82) is 0 Å². The summed E-state index contributed by atoms with van der Waals surface area (Å²) < 4.78 is 16.2. The van der Waals surface area contributed by atoms with Crippen LogP contribution in [0.4, 0.5) is 5.95 Å². The molecule has 0 saturated heterocycles. The molecule has 98 valence electrons. The van der Waals surface area contributed by atoms with Crippen LogP contribution in [0.2, 0.25) is 0 Å². The molecule has 0 spiro atoms. The number of rotatable bonds is 3. The van der Waals surface area contributed by atoms with E-state index < -0.39 is 0 Å². The number of anilines is 1. The highest BCUT2D eigenvalue weighted by Gasteiger charge is 2.13. The molecule has 2 heterocycles. The van der Waals surface area contributed by atoms with Crippen molar-refractivity contribution in [2.75, 3.05) is 12.5 Å². The summed E-state index contributed by atoms with van der Waals surface area (Å²) in [7, 11) is 0. The summed E-state index contributed by atoms with van der Waals surface area (Å²) in [5.74, 6) is 2.18. The Hall–Kier alpha value is -2.50. The van der Waals surface area contributed by atoms with Gasteiger partial charge in [0.05, 0.1) is 0 Å². The summed E-state index contributed by atoms with van der Waals surface area (Å²) >= 11 is 0. The average molecular weight is 259 g/mol. The topological polar surface area (TPSA) is 79.5 Å². The first-order valence-electron chi connectivity index (χ1n) is 5.83. The predicted octanol–water partition coefficient (Wildman–Crippen LogP) is 1.67. The van der Waals surface area contributed by atoms with E-state index in [9.17, 15) is 0 Å². The van der Waals surface area contributed by atoms with Gasteiger partial charge in [0.15, 0.2) is 11.5 Å². The molecule has 19 heavy (non-hydrogen) atoms. The SMILES string of the molecule is Cc1cnc(N)nc1OCc1ccc2c(c1)OCO2. The molecule has 2 aromatic rings. The molecule has 6 nitrogen and oxygen atoms in total. The van der Waals surface area contributed by atoms with Gasteiger partial charge in [-0.05, 0) is 24.6 Å². The number of nitrogens with two attached hydrogens (primary N) is 1. The number of aryl methyl sites for hydroxylation is 1. The van der Waals surface area contributed by atoms with Crippen molar-refractivity contribution >= 4 is 5.95 Å². The lowest BCUT2D eigenvalue weighted by atomic mass is 10.2. The summed E-state index contributed by atoms with van der Waals surface area (Å²) in [6, 6.07) is 5.68. The second-order valence-corrected chi connectivity index (χ2v) is 4.19. The molecule has 0 bridgehead atoms. The van der Waals surface area contributed by atoms with Crippen LogP contribution >= 0.6 is 0 Å². The Bertz CT molecular complexity index is 616. The minimum atomic E-state index is 0.200. The second-order valence-electron chi connectivity index (χ2n) is 4.19. The van der Waals surface area contributed by atoms with Gasteiger partial charge in [0.25, 0.3) is 0 Å². The van der Waals surface area contributed by atoms with E-state index in [1.165, 1.54) is 0 Å². The van der Waals surface area contributed by atoms with Crippen LogP contribution in [0, 0.1) is 6.92 Å². The van der Waals surface area contributed by atoms with Crippen molar-refractivity contribution < 1.29 is 14.2 Å². The Labute approximate surface area is 110 Å². The van der Waals surface area contributed by atoms with E-state index >= 15 is 0 Å². The fraction of sp³-hybridized carbons (Fsp3) is 0.231. The smallest absolute Gasteiger partial charge is 0.231 e. The lowest BCUT2D eigenvalue weighted by molar-refractivity contribution is 0.174. The van der Waals surface area contributed by atoms with Crippen LogP contribution in [0.3, 0.4) is 0 Å². The first-order valence-corrected chi connectivity index (χ1v) is 5.83. The zero-order valence-electron chi connectivity index (χ0n) is 10.4. The number of nitrogens with zero attached hydrogens (tertiary/aromatic N) is 2. The monoisotopic (exact) mass is 259 g/mol. The number of benzene rings is 1. The Kier molecular flexibility index (Phi) is 2.83. The van der Waals surface area contributed by atoms with Crippen LogP contribution < -0.4 is 19.9 Å². The highest BCUT2D eigenvalue weighted by atomic mass is 16.7. The highest BCUT2D eigenvalue weighted by molar-refractivity contribution is 5.44. The van der Waals surface area contributed by atoms with E-state index in [1.54, 1.807) is 6.20 Å². The molecule has 1 aromatic heterocycles. The number of ether oxygens (including phenoxy) is 3. The molecule has 0 amide bonds. The summed E-state index contributed by atoms with van der Waals surface area (Å²) in [5, 5.41) is 0. The van der Waals surface area contributed by atoms with E-state index in [-0.39, 0.29) is 12.7 Å². The van der Waals surface area contributed by atoms with Crippen LogP contribution in [-0.4, -0.2) is 16.8 Å². The maximum atomic E-state index is 5.64. The number of hydrogen-bond acceptors (Lipinski definition) is 6. The molecule has 1 aliphatic rings. The largest absolute Gasteiger partial charge is 0.472 e. The van der Waals surface area contributed by atoms with Gasteiger partial charge in [-0.1, -0.05) is 6.07 Å². The first-order chi connectivity index (χ1) is 9.22. The number of nitrogen functional groups attached to an aromatic ring is 1. The van der Waals surface area contributed by atoms with Gasteiger partial charge in [-0.3, -0.25) is 0 Å². The maximum absolute atomic E-state index is 5.64. The summed E-state index contributed by atoms with van der Waals surface area (Å²) in [4.78, 5) is 7.94. The van der Waals surface area contributed by atoms with Crippen molar-refractivity contribution in [3.05, 3.63) is 35.5 Å². The van der Waals surface area contributed by atoms with E-state index in [0.29, 0.717) is 12.5 Å². The minimum Gasteiger partial charge on any atom is -0.472 e. The fourth-order valence-corrected chi connectivity index (χ4v) is 1.77. The lowest BCUT2D eigenvalue weighted by Crippen LogP contribution is -2.02. The van der Waals surface area contributed by atoms with E-state index in [1.807, 2.05) is 25.1 Å². The summed E-state index contributed by atoms with van der Waals surface area (Å²) in [6.07, 6.45) is 1.64. The molecule has 0 saturated carbocycles. The van der Waals surface area contributed by atoms with Crippen molar-refractivity contribution in [3.63, 3.8) is 0 Å². The zero-order chi connectivity index (χ0) is 13.2. The molecule has 0 radical (unpaired) electrons. The van der Waals surface area contributed by atoms with E-state index in [2.05, 4.69) is 9.97 Å². The second kappa shape index (κ2) is 4.64. The quantitative estimate of drug-likeness (QED) is 0.903. The third kappa shape index (κ3) is 2.37. The molecule has 6 heteroatoms.